The highest BCUT2D eigenvalue weighted by Crippen LogP contribution is 2.37. The molecule has 0 amide bonds. The number of hydrogen-bond acceptors (Lipinski definition) is 9. The lowest BCUT2D eigenvalue weighted by atomic mass is 10.1. The van der Waals surface area contributed by atoms with Crippen LogP contribution < -0.4 is 4.74 Å². The Morgan fingerprint density at radius 2 is 1.07 bits per heavy atom. The lowest BCUT2D eigenvalue weighted by molar-refractivity contribution is -0.118. The molecule has 0 radical (unpaired) electrons. The van der Waals surface area contributed by atoms with Crippen molar-refractivity contribution in [3.63, 3.8) is 0 Å². The van der Waals surface area contributed by atoms with Crippen LogP contribution in [0.2, 0.25) is 0 Å². The summed E-state index contributed by atoms with van der Waals surface area (Å²) in [5.74, 6) is 0.804. The van der Waals surface area contributed by atoms with E-state index in [9.17, 15) is 19.8 Å². The summed E-state index contributed by atoms with van der Waals surface area (Å²) in [6.07, 6.45) is 1.49. The standard InChI is InChI=1S/C22H24N2O4.C22H24N2O3/c1-15(23-14-17(26)9-6-12-25)21-19-11-10-18(28-2)13-20(19)24(22(21)27)16-7-4-3-5-8-16;1-15-10-11-19-20(13-15)24(17-7-4-3-5-8-17)22(27)21(19)16(2)23-14-18(26)9-6-12-25/h3-5,7-8,10-11,13,25,27H,6,9,12,14H2,1-2H3;3-5,7-8,10-11,13,25,27H,6,9,12,14H2,1-2H3. The van der Waals surface area contributed by atoms with Gasteiger partial charge in [0.05, 0.1) is 42.4 Å². The number of rotatable bonds is 15. The third kappa shape index (κ3) is 9.37. The highest BCUT2D eigenvalue weighted by molar-refractivity contribution is 6.14. The van der Waals surface area contributed by atoms with Crippen LogP contribution in [0.1, 0.15) is 56.2 Å². The fourth-order valence-corrected chi connectivity index (χ4v) is 6.44. The summed E-state index contributed by atoms with van der Waals surface area (Å²) in [4.78, 5) is 32.6. The van der Waals surface area contributed by atoms with Crippen LogP contribution in [0.25, 0.3) is 33.2 Å². The number of ether oxygens (including phenoxy) is 1. The molecule has 2 heterocycles. The molecule has 0 spiro atoms. The van der Waals surface area contributed by atoms with Crippen molar-refractivity contribution in [2.45, 2.75) is 46.5 Å². The molecule has 2 aromatic heterocycles. The molecule has 6 aromatic rings. The Bertz CT molecular complexity index is 2320. The minimum Gasteiger partial charge on any atom is -0.497 e. The predicted molar refractivity (Wildman–Crippen MR) is 218 cm³/mol. The summed E-state index contributed by atoms with van der Waals surface area (Å²) in [7, 11) is 1.60. The number of aliphatic hydroxyl groups excluding tert-OH is 2. The summed E-state index contributed by atoms with van der Waals surface area (Å²) in [5.41, 5.74) is 6.90. The Morgan fingerprint density at radius 1 is 0.636 bits per heavy atom. The molecule has 6 rings (SSSR count). The van der Waals surface area contributed by atoms with Crippen LogP contribution in [0, 0.1) is 6.92 Å². The highest BCUT2D eigenvalue weighted by Gasteiger charge is 2.22. The number of carbonyl (C=O) groups excluding carboxylic acids is 2. The number of aliphatic hydroxyl groups is 2. The average molecular weight is 745 g/mol. The molecular weight excluding hydrogens is 697 g/mol. The van der Waals surface area contributed by atoms with E-state index in [0.717, 1.165) is 38.7 Å². The lowest BCUT2D eigenvalue weighted by Crippen LogP contribution is -2.06. The number of ketones is 2. The predicted octanol–water partition coefficient (Wildman–Crippen LogP) is 7.29. The number of aryl methyl sites for hydroxylation is 1. The van der Waals surface area contributed by atoms with Gasteiger partial charge in [-0.25, -0.2) is 0 Å². The fourth-order valence-electron chi connectivity index (χ4n) is 6.44. The van der Waals surface area contributed by atoms with Crippen molar-refractivity contribution < 1.29 is 34.8 Å². The summed E-state index contributed by atoms with van der Waals surface area (Å²) in [6.45, 7) is 5.67. The van der Waals surface area contributed by atoms with Gasteiger partial charge in [-0.1, -0.05) is 48.5 Å². The zero-order valence-corrected chi connectivity index (χ0v) is 31.7. The molecule has 4 N–H and O–H groups in total. The molecule has 0 unspecified atom stereocenters. The van der Waals surface area contributed by atoms with Gasteiger partial charge in [-0.05, 0) is 81.6 Å². The number of fused-ring (bicyclic) bond motifs is 2. The number of aliphatic imine (C=N–C) groups is 2. The first kappa shape index (κ1) is 40.2. The number of Topliss-reactive ketones (excluding diaryl/α,β-unsaturated/α-hetero) is 2. The van der Waals surface area contributed by atoms with Crippen molar-refractivity contribution in [1.82, 2.24) is 9.13 Å². The molecule has 0 aliphatic heterocycles. The minimum absolute atomic E-state index is 0.000854. The zero-order valence-electron chi connectivity index (χ0n) is 31.7. The third-order valence-corrected chi connectivity index (χ3v) is 9.21. The number of nitrogens with zero attached hydrogens (tertiary/aromatic N) is 4. The molecule has 0 aliphatic rings. The number of aromatic nitrogens is 2. The Labute approximate surface area is 320 Å². The maximum atomic E-state index is 11.9. The van der Waals surface area contributed by atoms with Crippen LogP contribution in [0.3, 0.4) is 0 Å². The fraction of sp³-hybridized carbons (Fsp3) is 0.273. The van der Waals surface area contributed by atoms with Crippen LogP contribution in [0.15, 0.2) is 107 Å². The molecule has 286 valence electrons. The molecular formula is C44H48N4O7. The summed E-state index contributed by atoms with van der Waals surface area (Å²) in [5, 5.41) is 41.4. The van der Waals surface area contributed by atoms with Crippen molar-refractivity contribution in [1.29, 1.82) is 0 Å². The van der Waals surface area contributed by atoms with Gasteiger partial charge >= 0.3 is 0 Å². The van der Waals surface area contributed by atoms with Crippen LogP contribution in [-0.2, 0) is 9.59 Å². The van der Waals surface area contributed by atoms with E-state index in [2.05, 4.69) is 9.98 Å². The number of carbonyl (C=O) groups is 2. The number of para-hydroxylation sites is 2. The SMILES string of the molecule is CC(=NCC(=O)CCCO)c1c(O)n(-c2ccccc2)c2cc(C)ccc12.COc1ccc2c(C(C)=NCC(=O)CCCO)c(O)n(-c3ccccc3)c2c1. The number of aromatic hydroxyl groups is 2. The van der Waals surface area contributed by atoms with Gasteiger partial charge in [-0.15, -0.1) is 0 Å². The molecule has 0 fully saturated rings. The van der Waals surface area contributed by atoms with Crippen LogP contribution >= 0.6 is 0 Å². The quantitative estimate of drug-likeness (QED) is 0.0804. The van der Waals surface area contributed by atoms with Crippen molar-refractivity contribution in [2.75, 3.05) is 33.4 Å². The van der Waals surface area contributed by atoms with Crippen molar-refractivity contribution >= 4 is 44.8 Å². The first-order valence-corrected chi connectivity index (χ1v) is 18.2. The number of benzene rings is 4. The molecule has 0 bridgehead atoms. The van der Waals surface area contributed by atoms with Gasteiger partial charge in [0.15, 0.2) is 11.6 Å². The van der Waals surface area contributed by atoms with Crippen LogP contribution in [0.4, 0.5) is 0 Å². The molecule has 11 nitrogen and oxygen atoms in total. The second-order valence-corrected chi connectivity index (χ2v) is 13.2. The Balaban J connectivity index is 0.000000211. The number of hydrogen-bond donors (Lipinski definition) is 4. The molecule has 4 aromatic carbocycles. The van der Waals surface area contributed by atoms with E-state index in [-0.39, 0.29) is 49.6 Å². The maximum absolute atomic E-state index is 11.9. The highest BCUT2D eigenvalue weighted by atomic mass is 16.5. The van der Waals surface area contributed by atoms with Gasteiger partial charge in [-0.2, -0.15) is 0 Å². The monoisotopic (exact) mass is 744 g/mol. The normalized spacial score (nSPS) is 11.8. The summed E-state index contributed by atoms with van der Waals surface area (Å²) in [6, 6.07) is 30.8. The van der Waals surface area contributed by atoms with Crippen LogP contribution in [-0.4, -0.2) is 86.0 Å². The van der Waals surface area contributed by atoms with Gasteiger partial charge in [0.2, 0.25) is 11.8 Å². The number of methoxy groups -OCH3 is 1. The smallest absolute Gasteiger partial charge is 0.206 e. The topological polar surface area (TPSA) is 159 Å². The first-order valence-electron chi connectivity index (χ1n) is 18.2. The van der Waals surface area contributed by atoms with E-state index < -0.39 is 0 Å². The Morgan fingerprint density at radius 3 is 1.51 bits per heavy atom. The Hall–Kier alpha value is -6.04. The van der Waals surface area contributed by atoms with Gasteiger partial charge in [0, 0.05) is 65.7 Å². The van der Waals surface area contributed by atoms with Gasteiger partial charge < -0.3 is 25.2 Å². The van der Waals surface area contributed by atoms with Gasteiger partial charge in [0.1, 0.15) is 5.75 Å². The first-order chi connectivity index (χ1) is 26.6. The second-order valence-electron chi connectivity index (χ2n) is 13.2. The lowest BCUT2D eigenvalue weighted by Gasteiger charge is -2.08. The summed E-state index contributed by atoms with van der Waals surface area (Å²) < 4.78 is 8.91. The third-order valence-electron chi connectivity index (χ3n) is 9.21. The maximum Gasteiger partial charge on any atom is 0.206 e. The largest absolute Gasteiger partial charge is 0.497 e. The molecule has 0 saturated carbocycles. The van der Waals surface area contributed by atoms with E-state index in [1.54, 1.807) is 18.6 Å². The van der Waals surface area contributed by atoms with Crippen molar-refractivity contribution in [3.05, 3.63) is 114 Å². The van der Waals surface area contributed by atoms with E-state index >= 15 is 0 Å². The van der Waals surface area contributed by atoms with E-state index in [1.807, 2.05) is 115 Å². The van der Waals surface area contributed by atoms with E-state index in [1.165, 1.54) is 0 Å². The minimum atomic E-state index is -0.0404. The van der Waals surface area contributed by atoms with Crippen LogP contribution in [0.5, 0.6) is 17.5 Å². The summed E-state index contributed by atoms with van der Waals surface area (Å²) >= 11 is 0. The van der Waals surface area contributed by atoms with Gasteiger partial charge in [-0.3, -0.25) is 28.7 Å². The molecule has 0 saturated heterocycles. The molecule has 0 atom stereocenters. The zero-order chi connectivity index (χ0) is 39.5. The van der Waals surface area contributed by atoms with Crippen molar-refractivity contribution in [3.8, 4) is 28.9 Å². The average Bonchev–Trinajstić information content (AvgIpc) is 3.66. The molecule has 0 aliphatic carbocycles. The van der Waals surface area contributed by atoms with E-state index in [4.69, 9.17) is 14.9 Å². The molecule has 11 heteroatoms. The second kappa shape index (κ2) is 18.8. The van der Waals surface area contributed by atoms with Crippen molar-refractivity contribution in [2.24, 2.45) is 9.98 Å². The van der Waals surface area contributed by atoms with E-state index in [0.29, 0.717) is 54.0 Å². The van der Waals surface area contributed by atoms with Gasteiger partial charge in [0.25, 0.3) is 0 Å². The molecule has 55 heavy (non-hydrogen) atoms. The Kier molecular flexibility index (Phi) is 13.7.